The Morgan fingerprint density at radius 2 is 1.49 bits per heavy atom. The number of nitrogens with zero attached hydrogens (tertiary/aromatic N) is 2. The normalized spacial score (nSPS) is 13.1. The van der Waals surface area contributed by atoms with Crippen LogP contribution in [0.4, 0.5) is 0 Å². The lowest BCUT2D eigenvalue weighted by atomic mass is 10.0. The van der Waals surface area contributed by atoms with Crippen molar-refractivity contribution in [1.29, 1.82) is 0 Å². The van der Waals surface area contributed by atoms with Gasteiger partial charge in [0.25, 0.3) is 0 Å². The third-order valence-corrected chi connectivity index (χ3v) is 9.96. The van der Waals surface area contributed by atoms with Crippen LogP contribution in [-0.2, 0) is 32.6 Å². The SMILES string of the molecule is CC[C@H](C)NC(=O)[C@H](Cc1ccccc1)N(Cc1c(Cl)cccc1Cl)C(=O)CN(C)S(=O)(=O)c1ccc2ccccc2c1. The van der Waals surface area contributed by atoms with Crippen molar-refractivity contribution < 1.29 is 18.0 Å². The Balaban J connectivity index is 1.71. The molecule has 0 unspecified atom stereocenters. The first-order valence-corrected chi connectivity index (χ1v) is 16.2. The zero-order valence-corrected chi connectivity index (χ0v) is 26.7. The average molecular weight is 641 g/mol. The number of carbonyl (C=O) groups is 2. The molecule has 0 saturated heterocycles. The summed E-state index contributed by atoms with van der Waals surface area (Å²) in [5.41, 5.74) is 1.31. The topological polar surface area (TPSA) is 86.8 Å². The van der Waals surface area contributed by atoms with Crippen molar-refractivity contribution in [2.75, 3.05) is 13.6 Å². The third-order valence-electron chi connectivity index (χ3n) is 7.45. The van der Waals surface area contributed by atoms with Crippen LogP contribution in [0.1, 0.15) is 31.4 Å². The number of rotatable bonds is 12. The molecule has 43 heavy (non-hydrogen) atoms. The maximum Gasteiger partial charge on any atom is 0.243 e. The molecule has 0 aliphatic heterocycles. The molecule has 0 bridgehead atoms. The van der Waals surface area contributed by atoms with Crippen LogP contribution in [0, 0.1) is 0 Å². The second-order valence-electron chi connectivity index (χ2n) is 10.5. The van der Waals surface area contributed by atoms with Gasteiger partial charge < -0.3 is 10.2 Å². The van der Waals surface area contributed by atoms with Crippen LogP contribution in [0.25, 0.3) is 10.8 Å². The lowest BCUT2D eigenvalue weighted by molar-refractivity contribution is -0.141. The van der Waals surface area contributed by atoms with Gasteiger partial charge in [-0.15, -0.1) is 0 Å². The summed E-state index contributed by atoms with van der Waals surface area (Å²) in [7, 11) is -2.69. The largest absolute Gasteiger partial charge is 0.352 e. The van der Waals surface area contributed by atoms with Crippen molar-refractivity contribution in [3.8, 4) is 0 Å². The molecular weight excluding hydrogens is 605 g/mol. The van der Waals surface area contributed by atoms with E-state index in [1.807, 2.05) is 68.4 Å². The molecule has 2 amide bonds. The summed E-state index contributed by atoms with van der Waals surface area (Å²) in [6, 6.07) is 25.6. The number of likely N-dealkylation sites (N-methyl/N-ethyl adjacent to an activating group) is 1. The molecule has 0 spiro atoms. The quantitative estimate of drug-likeness (QED) is 0.196. The Hall–Kier alpha value is -3.43. The molecule has 0 saturated carbocycles. The minimum absolute atomic E-state index is 0.0672. The van der Waals surface area contributed by atoms with Gasteiger partial charge in [-0.25, -0.2) is 8.42 Å². The van der Waals surface area contributed by atoms with E-state index in [9.17, 15) is 18.0 Å². The minimum atomic E-state index is -4.04. The van der Waals surface area contributed by atoms with Gasteiger partial charge in [0.2, 0.25) is 21.8 Å². The van der Waals surface area contributed by atoms with Crippen molar-refractivity contribution in [1.82, 2.24) is 14.5 Å². The summed E-state index contributed by atoms with van der Waals surface area (Å²) in [4.78, 5) is 29.3. The molecule has 4 aromatic rings. The Morgan fingerprint density at radius 3 is 2.14 bits per heavy atom. The van der Waals surface area contributed by atoms with Crippen LogP contribution in [0.2, 0.25) is 10.0 Å². The maximum atomic E-state index is 14.1. The molecule has 4 aromatic carbocycles. The second kappa shape index (κ2) is 14.4. The van der Waals surface area contributed by atoms with Crippen LogP contribution in [0.5, 0.6) is 0 Å². The number of nitrogens with one attached hydrogen (secondary N) is 1. The zero-order chi connectivity index (χ0) is 31.1. The monoisotopic (exact) mass is 639 g/mol. The number of hydrogen-bond acceptors (Lipinski definition) is 4. The standard InChI is InChI=1S/C33H35Cl2N3O4S/c1-4-23(2)36-33(40)31(19-24-11-6-5-7-12-24)38(21-28-29(34)15-10-16-30(28)35)32(39)22-37(3)43(41,42)27-18-17-25-13-8-9-14-26(25)20-27/h5-18,20,23,31H,4,19,21-22H2,1-3H3,(H,36,40)/t23-,31-/m0/s1. The van der Waals surface area contributed by atoms with Gasteiger partial charge in [-0.1, -0.05) is 96.9 Å². The molecule has 0 aromatic heterocycles. The third kappa shape index (κ3) is 7.95. The van der Waals surface area contributed by atoms with E-state index >= 15 is 0 Å². The number of sulfonamides is 1. The predicted octanol–water partition coefficient (Wildman–Crippen LogP) is 6.32. The molecular formula is C33H35Cl2N3O4S. The summed E-state index contributed by atoms with van der Waals surface area (Å²) < 4.78 is 28.2. The summed E-state index contributed by atoms with van der Waals surface area (Å²) in [5.74, 6) is -0.919. The van der Waals surface area contributed by atoms with E-state index < -0.39 is 28.5 Å². The second-order valence-corrected chi connectivity index (χ2v) is 13.4. The van der Waals surface area contributed by atoms with Gasteiger partial charge in [0.1, 0.15) is 6.04 Å². The Labute approximate surface area is 263 Å². The minimum Gasteiger partial charge on any atom is -0.352 e. The fourth-order valence-electron chi connectivity index (χ4n) is 4.72. The van der Waals surface area contributed by atoms with Crippen molar-refractivity contribution in [3.05, 3.63) is 112 Å². The summed E-state index contributed by atoms with van der Waals surface area (Å²) in [5, 5.41) is 5.34. The average Bonchev–Trinajstić information content (AvgIpc) is 3.00. The van der Waals surface area contributed by atoms with Crippen molar-refractivity contribution in [2.45, 2.75) is 50.2 Å². The van der Waals surface area contributed by atoms with Crippen LogP contribution in [0.3, 0.4) is 0 Å². The van der Waals surface area contributed by atoms with E-state index in [0.717, 1.165) is 20.6 Å². The number of carbonyl (C=O) groups excluding carboxylic acids is 2. The Morgan fingerprint density at radius 1 is 0.860 bits per heavy atom. The molecule has 1 N–H and O–H groups in total. The number of amides is 2. The van der Waals surface area contributed by atoms with E-state index in [2.05, 4.69) is 5.32 Å². The molecule has 2 atom stereocenters. The van der Waals surface area contributed by atoms with E-state index in [0.29, 0.717) is 22.0 Å². The first-order valence-electron chi connectivity index (χ1n) is 14.0. The van der Waals surface area contributed by atoms with Crippen molar-refractivity contribution >= 4 is 55.8 Å². The smallest absolute Gasteiger partial charge is 0.243 e. The summed E-state index contributed by atoms with van der Waals surface area (Å²) in [6.07, 6.45) is 0.902. The fourth-order valence-corrected chi connectivity index (χ4v) is 6.40. The molecule has 10 heteroatoms. The fraction of sp³-hybridized carbons (Fsp3) is 0.273. The maximum absolute atomic E-state index is 14.1. The van der Waals surface area contributed by atoms with Crippen LogP contribution in [0.15, 0.2) is 95.9 Å². The van der Waals surface area contributed by atoms with Crippen molar-refractivity contribution in [3.63, 3.8) is 0 Å². The van der Waals surface area contributed by atoms with E-state index in [1.165, 1.54) is 18.0 Å². The highest BCUT2D eigenvalue weighted by Gasteiger charge is 2.34. The summed E-state index contributed by atoms with van der Waals surface area (Å²) >= 11 is 13.0. The molecule has 0 aliphatic rings. The summed E-state index contributed by atoms with van der Waals surface area (Å²) in [6.45, 7) is 3.25. The lowest BCUT2D eigenvalue weighted by Crippen LogP contribution is -2.54. The molecule has 4 rings (SSSR count). The van der Waals surface area contributed by atoms with Gasteiger partial charge in [-0.05, 0) is 53.9 Å². The lowest BCUT2D eigenvalue weighted by Gasteiger charge is -2.33. The van der Waals surface area contributed by atoms with Gasteiger partial charge in [0.15, 0.2) is 0 Å². The van der Waals surface area contributed by atoms with Gasteiger partial charge in [-0.2, -0.15) is 4.31 Å². The number of halogens is 2. The molecule has 0 fully saturated rings. The van der Waals surface area contributed by atoms with Gasteiger partial charge in [0.05, 0.1) is 11.4 Å². The van der Waals surface area contributed by atoms with Crippen LogP contribution in [-0.4, -0.2) is 55.1 Å². The molecule has 7 nitrogen and oxygen atoms in total. The zero-order valence-electron chi connectivity index (χ0n) is 24.3. The van der Waals surface area contributed by atoms with Gasteiger partial charge in [-0.3, -0.25) is 9.59 Å². The molecule has 226 valence electrons. The molecule has 0 radical (unpaired) electrons. The number of benzene rings is 4. The van der Waals surface area contributed by atoms with Crippen molar-refractivity contribution in [2.24, 2.45) is 0 Å². The highest BCUT2D eigenvalue weighted by molar-refractivity contribution is 7.89. The Kier molecular flexibility index (Phi) is 10.8. The van der Waals surface area contributed by atoms with E-state index in [1.54, 1.807) is 30.3 Å². The predicted molar refractivity (Wildman–Crippen MR) is 173 cm³/mol. The Bertz CT molecular complexity index is 1680. The highest BCUT2D eigenvalue weighted by Crippen LogP contribution is 2.28. The van der Waals surface area contributed by atoms with Gasteiger partial charge >= 0.3 is 0 Å². The first kappa shape index (κ1) is 32.5. The molecule has 0 heterocycles. The molecule has 0 aliphatic carbocycles. The number of hydrogen-bond donors (Lipinski definition) is 1. The highest BCUT2D eigenvalue weighted by atomic mass is 35.5. The number of fused-ring (bicyclic) bond motifs is 1. The van der Waals surface area contributed by atoms with Gasteiger partial charge in [0, 0.05) is 41.7 Å². The van der Waals surface area contributed by atoms with Crippen LogP contribution < -0.4 is 5.32 Å². The van der Waals surface area contributed by atoms with E-state index in [4.69, 9.17) is 23.2 Å². The van der Waals surface area contributed by atoms with E-state index in [-0.39, 0.29) is 29.8 Å². The van der Waals surface area contributed by atoms with Crippen LogP contribution >= 0.6 is 23.2 Å². The first-order chi connectivity index (χ1) is 20.5.